The maximum absolute atomic E-state index is 12.0. The lowest BCUT2D eigenvalue weighted by molar-refractivity contribution is -0.144. The minimum atomic E-state index is -0.480. The predicted octanol–water partition coefficient (Wildman–Crippen LogP) is 4.02. The van der Waals surface area contributed by atoms with E-state index in [0.717, 1.165) is 15.6 Å². The monoisotopic (exact) mass is 448 g/mol. The second-order valence-corrected chi connectivity index (χ2v) is 8.52. The highest BCUT2D eigenvalue weighted by atomic mass is 32.2. The van der Waals surface area contributed by atoms with Gasteiger partial charge in [0, 0.05) is 17.1 Å². The first-order chi connectivity index (χ1) is 14.1. The van der Waals surface area contributed by atoms with Crippen LogP contribution in [0, 0.1) is 0 Å². The average Bonchev–Trinajstić information content (AvgIpc) is 3.40. The molecule has 3 aromatic rings. The minimum Gasteiger partial charge on any atom is -0.455 e. The number of hydrogen-bond donors (Lipinski definition) is 1. The molecule has 0 spiro atoms. The number of aromatic nitrogens is 3. The van der Waals surface area contributed by atoms with Gasteiger partial charge in [-0.15, -0.1) is 33.3 Å². The molecule has 1 aromatic carbocycles. The number of hydrogen-bond acceptors (Lipinski definition) is 8. The molecule has 0 atom stereocenters. The molecule has 10 heteroatoms. The van der Waals surface area contributed by atoms with Crippen molar-refractivity contribution in [2.24, 2.45) is 0 Å². The van der Waals surface area contributed by atoms with Gasteiger partial charge in [-0.2, -0.15) is 0 Å². The third-order valence-electron chi connectivity index (χ3n) is 3.83. The SMILES string of the molecule is CCn1c(SCC(=O)OCC(=O)Nc2ccc(SC)cc2)nnc1-c1cccs1. The van der Waals surface area contributed by atoms with Crippen LogP contribution in [-0.2, 0) is 20.9 Å². The molecule has 0 fully saturated rings. The van der Waals surface area contributed by atoms with Crippen LogP contribution in [0.4, 0.5) is 5.69 Å². The fraction of sp³-hybridized carbons (Fsp3) is 0.263. The van der Waals surface area contributed by atoms with Gasteiger partial charge in [0.1, 0.15) is 0 Å². The van der Waals surface area contributed by atoms with E-state index in [1.54, 1.807) is 23.1 Å². The maximum Gasteiger partial charge on any atom is 0.316 e. The predicted molar refractivity (Wildman–Crippen MR) is 118 cm³/mol. The van der Waals surface area contributed by atoms with Gasteiger partial charge in [0.25, 0.3) is 5.91 Å². The third-order valence-corrected chi connectivity index (χ3v) is 6.38. The van der Waals surface area contributed by atoms with E-state index in [-0.39, 0.29) is 18.3 Å². The summed E-state index contributed by atoms with van der Waals surface area (Å²) in [6.07, 6.45) is 1.98. The molecule has 152 valence electrons. The van der Waals surface area contributed by atoms with Crippen LogP contribution >= 0.6 is 34.9 Å². The van der Waals surface area contributed by atoms with Gasteiger partial charge >= 0.3 is 5.97 Å². The third kappa shape index (κ3) is 5.84. The number of anilines is 1. The van der Waals surface area contributed by atoms with E-state index in [0.29, 0.717) is 17.4 Å². The number of carbonyl (C=O) groups is 2. The highest BCUT2D eigenvalue weighted by Gasteiger charge is 2.16. The molecule has 2 aromatic heterocycles. The van der Waals surface area contributed by atoms with Crippen LogP contribution < -0.4 is 5.32 Å². The van der Waals surface area contributed by atoms with E-state index in [1.807, 2.05) is 59.5 Å². The van der Waals surface area contributed by atoms with Crippen molar-refractivity contribution in [3.05, 3.63) is 41.8 Å². The number of ether oxygens (including phenoxy) is 1. The molecule has 0 aliphatic heterocycles. The van der Waals surface area contributed by atoms with E-state index in [4.69, 9.17) is 4.74 Å². The number of nitrogens with one attached hydrogen (secondary N) is 1. The summed E-state index contributed by atoms with van der Waals surface area (Å²) in [5.41, 5.74) is 0.662. The summed E-state index contributed by atoms with van der Waals surface area (Å²) < 4.78 is 7.02. The normalized spacial score (nSPS) is 10.7. The lowest BCUT2D eigenvalue weighted by Gasteiger charge is -2.08. The lowest BCUT2D eigenvalue weighted by atomic mass is 10.3. The van der Waals surface area contributed by atoms with Crippen molar-refractivity contribution in [1.29, 1.82) is 0 Å². The van der Waals surface area contributed by atoms with Gasteiger partial charge in [-0.25, -0.2) is 0 Å². The van der Waals surface area contributed by atoms with Crippen LogP contribution in [0.2, 0.25) is 0 Å². The van der Waals surface area contributed by atoms with Crippen LogP contribution in [0.3, 0.4) is 0 Å². The topological polar surface area (TPSA) is 86.1 Å². The van der Waals surface area contributed by atoms with Crippen LogP contribution in [0.15, 0.2) is 51.8 Å². The molecule has 2 heterocycles. The fourth-order valence-corrected chi connectivity index (χ4v) is 4.38. The first kappa shape index (κ1) is 21.4. The van der Waals surface area contributed by atoms with Crippen LogP contribution in [-0.4, -0.2) is 45.3 Å². The number of nitrogens with zero attached hydrogens (tertiary/aromatic N) is 3. The van der Waals surface area contributed by atoms with E-state index < -0.39 is 5.97 Å². The van der Waals surface area contributed by atoms with Gasteiger partial charge in [0.2, 0.25) is 0 Å². The summed E-state index contributed by atoms with van der Waals surface area (Å²) >= 11 is 4.45. The average molecular weight is 449 g/mol. The first-order valence-corrected chi connectivity index (χ1v) is 11.9. The van der Waals surface area contributed by atoms with Gasteiger partial charge in [0.05, 0.1) is 10.6 Å². The molecule has 0 unspecified atom stereocenters. The Balaban J connectivity index is 1.47. The Labute approximate surface area is 181 Å². The number of thiophene rings is 1. The molecule has 0 bridgehead atoms. The molecular weight excluding hydrogens is 428 g/mol. The minimum absolute atomic E-state index is 0.0538. The van der Waals surface area contributed by atoms with Gasteiger partial charge in [0.15, 0.2) is 17.6 Å². The van der Waals surface area contributed by atoms with Gasteiger partial charge in [-0.05, 0) is 48.9 Å². The zero-order valence-electron chi connectivity index (χ0n) is 16.0. The second-order valence-electron chi connectivity index (χ2n) is 5.75. The van der Waals surface area contributed by atoms with Crippen molar-refractivity contribution in [3.63, 3.8) is 0 Å². The number of thioether (sulfide) groups is 2. The highest BCUT2D eigenvalue weighted by molar-refractivity contribution is 7.99. The van der Waals surface area contributed by atoms with Crippen molar-refractivity contribution in [3.8, 4) is 10.7 Å². The van der Waals surface area contributed by atoms with E-state index in [9.17, 15) is 9.59 Å². The second kappa shape index (κ2) is 10.5. The number of benzene rings is 1. The number of carbonyl (C=O) groups excluding carboxylic acids is 2. The van der Waals surface area contributed by atoms with E-state index >= 15 is 0 Å². The fourth-order valence-electron chi connectivity index (χ4n) is 2.45. The Morgan fingerprint density at radius 1 is 1.21 bits per heavy atom. The van der Waals surface area contributed by atoms with Crippen molar-refractivity contribution in [1.82, 2.24) is 14.8 Å². The quantitative estimate of drug-likeness (QED) is 0.391. The highest BCUT2D eigenvalue weighted by Crippen LogP contribution is 2.27. The standard InChI is InChI=1S/C19H20N4O3S3/c1-3-23-18(15-5-4-10-28-15)21-22-19(23)29-12-17(25)26-11-16(24)20-13-6-8-14(27-2)9-7-13/h4-10H,3,11-12H2,1-2H3,(H,20,24). The van der Waals surface area contributed by atoms with Crippen molar-refractivity contribution in [2.75, 3.05) is 23.9 Å². The van der Waals surface area contributed by atoms with Crippen molar-refractivity contribution < 1.29 is 14.3 Å². The molecule has 3 rings (SSSR count). The van der Waals surface area contributed by atoms with E-state index in [1.165, 1.54) is 11.8 Å². The van der Waals surface area contributed by atoms with Gasteiger partial charge in [-0.1, -0.05) is 17.8 Å². The Morgan fingerprint density at radius 3 is 2.66 bits per heavy atom. The molecule has 0 radical (unpaired) electrons. The summed E-state index contributed by atoms with van der Waals surface area (Å²) in [5, 5.41) is 13.7. The molecule has 0 aliphatic carbocycles. The lowest BCUT2D eigenvalue weighted by Crippen LogP contribution is -2.21. The summed E-state index contributed by atoms with van der Waals surface area (Å²) in [4.78, 5) is 26.1. The Morgan fingerprint density at radius 2 is 2.00 bits per heavy atom. The Hall–Kier alpha value is -2.30. The molecular formula is C19H20N4O3S3. The van der Waals surface area contributed by atoms with Crippen LogP contribution in [0.25, 0.3) is 10.7 Å². The maximum atomic E-state index is 12.0. The number of amides is 1. The zero-order chi connectivity index (χ0) is 20.6. The number of esters is 1. The largest absolute Gasteiger partial charge is 0.455 e. The molecule has 0 aliphatic rings. The number of rotatable bonds is 9. The first-order valence-electron chi connectivity index (χ1n) is 8.80. The van der Waals surface area contributed by atoms with Crippen LogP contribution in [0.1, 0.15) is 6.92 Å². The Kier molecular flexibility index (Phi) is 7.73. The van der Waals surface area contributed by atoms with Gasteiger partial charge in [-0.3, -0.25) is 9.59 Å². The van der Waals surface area contributed by atoms with E-state index in [2.05, 4.69) is 15.5 Å². The summed E-state index contributed by atoms with van der Waals surface area (Å²) in [6, 6.07) is 11.4. The summed E-state index contributed by atoms with van der Waals surface area (Å²) in [5.74, 6) is -0.0217. The van der Waals surface area contributed by atoms with Crippen LogP contribution in [0.5, 0.6) is 0 Å². The van der Waals surface area contributed by atoms with Crippen molar-refractivity contribution >= 4 is 52.4 Å². The Bertz CT molecular complexity index is 956. The van der Waals surface area contributed by atoms with Gasteiger partial charge < -0.3 is 14.6 Å². The summed E-state index contributed by atoms with van der Waals surface area (Å²) in [6.45, 7) is 2.36. The molecule has 0 saturated heterocycles. The molecule has 1 amide bonds. The zero-order valence-corrected chi connectivity index (χ0v) is 18.4. The smallest absolute Gasteiger partial charge is 0.316 e. The van der Waals surface area contributed by atoms with Crippen molar-refractivity contribution in [2.45, 2.75) is 23.5 Å². The molecule has 29 heavy (non-hydrogen) atoms. The molecule has 1 N–H and O–H groups in total. The molecule has 0 saturated carbocycles. The summed E-state index contributed by atoms with van der Waals surface area (Å²) in [7, 11) is 0. The molecule has 7 nitrogen and oxygen atoms in total.